The molecule has 1 aliphatic heterocycles. The van der Waals surface area contributed by atoms with Gasteiger partial charge in [-0.3, -0.25) is 4.79 Å². The molecule has 0 atom stereocenters. The molecule has 5 rings (SSSR count). The van der Waals surface area contributed by atoms with Crippen molar-refractivity contribution in [3.63, 3.8) is 0 Å². The van der Waals surface area contributed by atoms with Crippen LogP contribution < -0.4 is 10.2 Å². The SMILES string of the molecule is CCOC(=O)c1cn2c3c(c(F)c(F)cc3c1=O)Oc1cc3ncoc3cc1-2. The fourth-order valence-corrected chi connectivity index (χ4v) is 3.29. The molecule has 3 heterocycles. The second-order valence-electron chi connectivity index (χ2n) is 6.10. The first-order valence-electron chi connectivity index (χ1n) is 8.29. The lowest BCUT2D eigenvalue weighted by atomic mass is 10.1. The van der Waals surface area contributed by atoms with Gasteiger partial charge in [0, 0.05) is 18.3 Å². The summed E-state index contributed by atoms with van der Waals surface area (Å²) >= 11 is 0. The first-order chi connectivity index (χ1) is 13.5. The predicted molar refractivity (Wildman–Crippen MR) is 93.1 cm³/mol. The highest BCUT2D eigenvalue weighted by molar-refractivity contribution is 5.97. The van der Waals surface area contributed by atoms with Crippen molar-refractivity contribution in [3.8, 4) is 17.2 Å². The number of carbonyl (C=O) groups is 1. The third-order valence-electron chi connectivity index (χ3n) is 4.52. The van der Waals surface area contributed by atoms with E-state index in [0.29, 0.717) is 16.8 Å². The van der Waals surface area contributed by atoms with Crippen LogP contribution in [0, 0.1) is 11.6 Å². The zero-order valence-electron chi connectivity index (χ0n) is 14.3. The molecule has 7 nitrogen and oxygen atoms in total. The summed E-state index contributed by atoms with van der Waals surface area (Å²) < 4.78 is 45.8. The molecule has 0 unspecified atom stereocenters. The molecular weight excluding hydrogens is 374 g/mol. The number of oxazole rings is 1. The molecule has 0 aliphatic carbocycles. The number of ether oxygens (including phenoxy) is 2. The molecule has 9 heteroatoms. The van der Waals surface area contributed by atoms with E-state index in [0.717, 1.165) is 6.07 Å². The largest absolute Gasteiger partial charge is 0.462 e. The van der Waals surface area contributed by atoms with Gasteiger partial charge in [0.05, 0.1) is 17.7 Å². The van der Waals surface area contributed by atoms with Gasteiger partial charge in [-0.25, -0.2) is 14.2 Å². The zero-order valence-corrected chi connectivity index (χ0v) is 14.3. The zero-order chi connectivity index (χ0) is 19.6. The number of nitrogens with zero attached hydrogens (tertiary/aromatic N) is 2. The Labute approximate surface area is 154 Å². The Hall–Kier alpha value is -3.75. The number of benzene rings is 2. The minimum Gasteiger partial charge on any atom is -0.462 e. The highest BCUT2D eigenvalue weighted by Crippen LogP contribution is 2.43. The standard InChI is InChI=1S/C19H10F2N2O5/c1-2-26-19(25)9-6-23-12-5-13-11(22-7-27-13)4-14(12)28-18-15(21)10(20)3-8(16(18)23)17(9)24/h3-7H,2H2,1H3. The molecule has 0 fully saturated rings. The lowest BCUT2D eigenvalue weighted by Crippen LogP contribution is -2.22. The molecule has 0 radical (unpaired) electrons. The van der Waals surface area contributed by atoms with Crippen LogP contribution in [0.3, 0.4) is 0 Å². The van der Waals surface area contributed by atoms with E-state index < -0.39 is 28.8 Å². The summed E-state index contributed by atoms with van der Waals surface area (Å²) in [7, 11) is 0. The lowest BCUT2D eigenvalue weighted by molar-refractivity contribution is 0.0524. The van der Waals surface area contributed by atoms with E-state index in [1.54, 1.807) is 13.0 Å². The van der Waals surface area contributed by atoms with Crippen molar-refractivity contribution < 1.29 is 27.5 Å². The summed E-state index contributed by atoms with van der Waals surface area (Å²) in [5, 5.41) is -0.206. The van der Waals surface area contributed by atoms with Gasteiger partial charge in [0.2, 0.25) is 11.2 Å². The number of pyridine rings is 1. The number of aromatic nitrogens is 2. The number of esters is 1. The van der Waals surface area contributed by atoms with Crippen molar-refractivity contribution in [2.75, 3.05) is 6.61 Å². The van der Waals surface area contributed by atoms with Crippen LogP contribution >= 0.6 is 0 Å². The topological polar surface area (TPSA) is 83.6 Å². The van der Waals surface area contributed by atoms with E-state index in [2.05, 4.69) is 4.98 Å². The van der Waals surface area contributed by atoms with Crippen LogP contribution in [0.1, 0.15) is 17.3 Å². The molecule has 0 N–H and O–H groups in total. The molecule has 2 aromatic heterocycles. The van der Waals surface area contributed by atoms with Gasteiger partial charge in [-0.1, -0.05) is 0 Å². The van der Waals surface area contributed by atoms with Crippen LogP contribution in [-0.4, -0.2) is 22.1 Å². The van der Waals surface area contributed by atoms with Gasteiger partial charge in [0.1, 0.15) is 16.6 Å². The maximum Gasteiger partial charge on any atom is 0.343 e. The van der Waals surface area contributed by atoms with Crippen molar-refractivity contribution in [2.24, 2.45) is 0 Å². The Kier molecular flexibility index (Phi) is 3.30. The summed E-state index contributed by atoms with van der Waals surface area (Å²) in [5.74, 6) is -3.65. The maximum absolute atomic E-state index is 14.5. The van der Waals surface area contributed by atoms with E-state index >= 15 is 0 Å². The van der Waals surface area contributed by atoms with Crippen LogP contribution in [-0.2, 0) is 4.74 Å². The van der Waals surface area contributed by atoms with Crippen molar-refractivity contribution in [3.05, 3.63) is 58.2 Å². The molecule has 0 bridgehead atoms. The molecule has 28 heavy (non-hydrogen) atoms. The number of rotatable bonds is 2. The summed E-state index contributed by atoms with van der Waals surface area (Å²) in [6, 6.07) is 3.81. The quantitative estimate of drug-likeness (QED) is 0.432. The second-order valence-corrected chi connectivity index (χ2v) is 6.10. The molecular formula is C19H10F2N2O5. The highest BCUT2D eigenvalue weighted by Gasteiger charge is 2.29. The highest BCUT2D eigenvalue weighted by atomic mass is 19.2. The third-order valence-corrected chi connectivity index (χ3v) is 4.52. The molecule has 0 saturated carbocycles. The van der Waals surface area contributed by atoms with E-state index in [-0.39, 0.29) is 28.8 Å². The lowest BCUT2D eigenvalue weighted by Gasteiger charge is -2.24. The van der Waals surface area contributed by atoms with Crippen molar-refractivity contribution in [1.82, 2.24) is 9.55 Å². The Bertz CT molecular complexity index is 1370. The number of fused-ring (bicyclic) bond motifs is 3. The maximum atomic E-state index is 14.5. The first kappa shape index (κ1) is 16.4. The number of halogens is 2. The smallest absolute Gasteiger partial charge is 0.343 e. The van der Waals surface area contributed by atoms with E-state index in [4.69, 9.17) is 13.9 Å². The summed E-state index contributed by atoms with van der Waals surface area (Å²) in [6.45, 7) is 1.65. The van der Waals surface area contributed by atoms with E-state index in [1.165, 1.54) is 23.2 Å². The minimum absolute atomic E-state index is 0.00307. The van der Waals surface area contributed by atoms with Gasteiger partial charge in [-0.05, 0) is 13.0 Å². The van der Waals surface area contributed by atoms with Gasteiger partial charge in [-0.15, -0.1) is 0 Å². The molecule has 4 aromatic rings. The first-order valence-corrected chi connectivity index (χ1v) is 8.29. The minimum atomic E-state index is -1.27. The van der Waals surface area contributed by atoms with Crippen LogP contribution in [0.5, 0.6) is 11.5 Å². The van der Waals surface area contributed by atoms with Crippen molar-refractivity contribution >= 4 is 28.0 Å². The van der Waals surface area contributed by atoms with Gasteiger partial charge < -0.3 is 18.5 Å². The van der Waals surface area contributed by atoms with Crippen molar-refractivity contribution in [2.45, 2.75) is 6.92 Å². The van der Waals surface area contributed by atoms with E-state index in [9.17, 15) is 18.4 Å². The Morgan fingerprint density at radius 3 is 2.89 bits per heavy atom. The average Bonchev–Trinajstić information content (AvgIpc) is 3.13. The number of hydrogen-bond acceptors (Lipinski definition) is 6. The Morgan fingerprint density at radius 2 is 2.11 bits per heavy atom. The van der Waals surface area contributed by atoms with Crippen LogP contribution in [0.4, 0.5) is 8.78 Å². The van der Waals surface area contributed by atoms with Crippen LogP contribution in [0.2, 0.25) is 0 Å². The van der Waals surface area contributed by atoms with Gasteiger partial charge in [0.25, 0.3) is 0 Å². The number of hydrogen-bond donors (Lipinski definition) is 0. The van der Waals surface area contributed by atoms with Gasteiger partial charge in [-0.2, -0.15) is 4.39 Å². The fraction of sp³-hybridized carbons (Fsp3) is 0.105. The molecule has 1 aliphatic rings. The van der Waals surface area contributed by atoms with Crippen molar-refractivity contribution in [1.29, 1.82) is 0 Å². The number of carbonyl (C=O) groups excluding carboxylic acids is 1. The van der Waals surface area contributed by atoms with Crippen LogP contribution in [0.15, 0.2) is 40.0 Å². The Balaban J connectivity index is 1.94. The predicted octanol–water partition coefficient (Wildman–Crippen LogP) is 3.69. The monoisotopic (exact) mass is 384 g/mol. The van der Waals surface area contributed by atoms with Crippen LogP contribution in [0.25, 0.3) is 27.7 Å². The molecule has 140 valence electrons. The average molecular weight is 384 g/mol. The molecule has 2 aromatic carbocycles. The van der Waals surface area contributed by atoms with Gasteiger partial charge in [0.15, 0.2) is 29.3 Å². The molecule has 0 saturated heterocycles. The van der Waals surface area contributed by atoms with Gasteiger partial charge >= 0.3 is 5.97 Å². The molecule has 0 spiro atoms. The normalized spacial score (nSPS) is 12.1. The Morgan fingerprint density at radius 1 is 1.29 bits per heavy atom. The fourth-order valence-electron chi connectivity index (χ4n) is 3.29. The summed E-state index contributed by atoms with van der Waals surface area (Å²) in [6.07, 6.45) is 2.46. The second kappa shape index (κ2) is 5.62. The summed E-state index contributed by atoms with van der Waals surface area (Å²) in [4.78, 5) is 29.0. The summed E-state index contributed by atoms with van der Waals surface area (Å²) in [5.41, 5.74) is 0.149. The van der Waals surface area contributed by atoms with E-state index in [1.807, 2.05) is 0 Å². The molecule has 0 amide bonds. The third kappa shape index (κ3) is 2.10.